The van der Waals surface area contributed by atoms with Gasteiger partial charge in [-0.1, -0.05) is 31.9 Å². The number of aromatic nitrogens is 5. The van der Waals surface area contributed by atoms with E-state index in [0.29, 0.717) is 49.4 Å². The minimum absolute atomic E-state index is 0.0712. The third-order valence-corrected chi connectivity index (χ3v) is 7.82. The van der Waals surface area contributed by atoms with Gasteiger partial charge in [0.2, 0.25) is 0 Å². The predicted molar refractivity (Wildman–Crippen MR) is 146 cm³/mol. The third kappa shape index (κ3) is 5.21. The number of methoxy groups -OCH3 is 1. The zero-order valence-corrected chi connectivity index (χ0v) is 22.4. The Morgan fingerprint density at radius 2 is 1.82 bits per heavy atom. The minimum Gasteiger partial charge on any atom is -0.497 e. The summed E-state index contributed by atoms with van der Waals surface area (Å²) in [5.41, 5.74) is 2.40. The number of nitrogens with zero attached hydrogens (tertiary/aromatic N) is 5. The van der Waals surface area contributed by atoms with Gasteiger partial charge in [0.15, 0.2) is 17.3 Å². The fourth-order valence-electron chi connectivity index (χ4n) is 5.80. The molecule has 204 valence electrons. The Labute approximate surface area is 226 Å². The SMILES string of the molecule is CCC(c1nnnn1C1CCCC1)N(Cc1ccc(OC)cc1)Cc1cc2cc3c(cc2[nH]c1=O)OCCO3. The monoisotopic (exact) mass is 530 g/mol. The van der Waals surface area contributed by atoms with Gasteiger partial charge >= 0.3 is 0 Å². The van der Waals surface area contributed by atoms with Crippen LogP contribution in [0, 0.1) is 0 Å². The van der Waals surface area contributed by atoms with Gasteiger partial charge in [0, 0.05) is 30.1 Å². The van der Waals surface area contributed by atoms with E-state index in [4.69, 9.17) is 14.2 Å². The van der Waals surface area contributed by atoms with E-state index in [1.807, 2.05) is 35.0 Å². The fraction of sp³-hybridized carbons (Fsp3) is 0.448. The van der Waals surface area contributed by atoms with Crippen LogP contribution in [0.1, 0.15) is 68.1 Å². The molecular weight excluding hydrogens is 496 g/mol. The van der Waals surface area contributed by atoms with Gasteiger partial charge in [0.1, 0.15) is 19.0 Å². The number of aromatic amines is 1. The molecule has 1 fully saturated rings. The molecule has 1 unspecified atom stereocenters. The van der Waals surface area contributed by atoms with Crippen molar-refractivity contribution in [1.82, 2.24) is 30.1 Å². The number of H-pyrrole nitrogens is 1. The molecule has 3 heterocycles. The summed E-state index contributed by atoms with van der Waals surface area (Å²) in [5.74, 6) is 3.02. The van der Waals surface area contributed by atoms with Gasteiger partial charge in [-0.05, 0) is 59.5 Å². The highest BCUT2D eigenvalue weighted by Crippen LogP contribution is 2.35. The van der Waals surface area contributed by atoms with E-state index in [9.17, 15) is 4.79 Å². The molecule has 1 aliphatic heterocycles. The van der Waals surface area contributed by atoms with Crippen LogP contribution in [0.5, 0.6) is 17.2 Å². The molecule has 0 saturated heterocycles. The lowest BCUT2D eigenvalue weighted by atomic mass is 10.1. The van der Waals surface area contributed by atoms with E-state index in [0.717, 1.165) is 47.3 Å². The highest BCUT2D eigenvalue weighted by atomic mass is 16.6. The highest BCUT2D eigenvalue weighted by Gasteiger charge is 2.30. The molecule has 1 atom stereocenters. The van der Waals surface area contributed by atoms with Crippen molar-refractivity contribution < 1.29 is 14.2 Å². The molecule has 2 aromatic heterocycles. The van der Waals surface area contributed by atoms with Crippen LogP contribution in [0.2, 0.25) is 0 Å². The lowest BCUT2D eigenvalue weighted by molar-refractivity contribution is 0.158. The van der Waals surface area contributed by atoms with Gasteiger partial charge in [-0.3, -0.25) is 9.69 Å². The van der Waals surface area contributed by atoms with E-state index < -0.39 is 0 Å². The van der Waals surface area contributed by atoms with Gasteiger partial charge in [0.25, 0.3) is 5.56 Å². The first-order valence-corrected chi connectivity index (χ1v) is 13.7. The lowest BCUT2D eigenvalue weighted by Crippen LogP contribution is -2.32. The van der Waals surface area contributed by atoms with Crippen LogP contribution in [0.25, 0.3) is 10.9 Å². The van der Waals surface area contributed by atoms with Crippen molar-refractivity contribution in [1.29, 1.82) is 0 Å². The molecule has 4 aromatic rings. The Morgan fingerprint density at radius 1 is 1.08 bits per heavy atom. The summed E-state index contributed by atoms with van der Waals surface area (Å²) in [6, 6.07) is 14.0. The number of nitrogens with one attached hydrogen (secondary N) is 1. The molecule has 0 spiro atoms. The zero-order chi connectivity index (χ0) is 26.8. The topological polar surface area (TPSA) is 107 Å². The average Bonchev–Trinajstić information content (AvgIpc) is 3.66. The number of rotatable bonds is 9. The van der Waals surface area contributed by atoms with Gasteiger partial charge in [-0.15, -0.1) is 5.10 Å². The molecule has 10 nitrogen and oxygen atoms in total. The molecule has 1 aliphatic carbocycles. The van der Waals surface area contributed by atoms with Crippen molar-refractivity contribution in [2.24, 2.45) is 0 Å². The highest BCUT2D eigenvalue weighted by molar-refractivity contribution is 5.83. The summed E-state index contributed by atoms with van der Waals surface area (Å²) in [6.07, 6.45) is 5.37. The smallest absolute Gasteiger partial charge is 0.252 e. The van der Waals surface area contributed by atoms with Gasteiger partial charge < -0.3 is 19.2 Å². The summed E-state index contributed by atoms with van der Waals surface area (Å²) in [7, 11) is 1.66. The molecule has 1 saturated carbocycles. The van der Waals surface area contributed by atoms with E-state index in [-0.39, 0.29) is 11.6 Å². The van der Waals surface area contributed by atoms with Crippen LogP contribution >= 0.6 is 0 Å². The van der Waals surface area contributed by atoms with Crippen LogP contribution in [-0.4, -0.2) is 50.4 Å². The zero-order valence-electron chi connectivity index (χ0n) is 22.4. The van der Waals surface area contributed by atoms with Gasteiger partial charge in [-0.2, -0.15) is 0 Å². The summed E-state index contributed by atoms with van der Waals surface area (Å²) in [4.78, 5) is 18.7. The molecule has 1 N–H and O–H groups in total. The summed E-state index contributed by atoms with van der Waals surface area (Å²) < 4.78 is 18.9. The third-order valence-electron chi connectivity index (χ3n) is 7.82. The molecule has 0 amide bonds. The molecule has 2 aromatic carbocycles. The van der Waals surface area contributed by atoms with Crippen molar-refractivity contribution in [3.63, 3.8) is 0 Å². The summed E-state index contributed by atoms with van der Waals surface area (Å²) >= 11 is 0. The minimum atomic E-state index is -0.121. The first-order chi connectivity index (χ1) is 19.1. The van der Waals surface area contributed by atoms with Crippen molar-refractivity contribution in [3.8, 4) is 17.2 Å². The Morgan fingerprint density at radius 3 is 2.54 bits per heavy atom. The van der Waals surface area contributed by atoms with Crippen LogP contribution in [0.15, 0.2) is 47.3 Å². The Bertz CT molecular complexity index is 1490. The molecule has 0 radical (unpaired) electrons. The first-order valence-electron chi connectivity index (χ1n) is 13.7. The second kappa shape index (κ2) is 11.1. The Balaban J connectivity index is 1.37. The van der Waals surface area contributed by atoms with Crippen LogP contribution in [0.3, 0.4) is 0 Å². The average molecular weight is 531 g/mol. The Hall–Kier alpha value is -3.92. The quantitative estimate of drug-likeness (QED) is 0.336. The molecule has 2 aliphatic rings. The van der Waals surface area contributed by atoms with E-state index in [1.54, 1.807) is 7.11 Å². The second-order valence-corrected chi connectivity index (χ2v) is 10.3. The molecule has 10 heteroatoms. The van der Waals surface area contributed by atoms with Crippen LogP contribution < -0.4 is 19.8 Å². The lowest BCUT2D eigenvalue weighted by Gasteiger charge is -2.31. The fourth-order valence-corrected chi connectivity index (χ4v) is 5.80. The van der Waals surface area contributed by atoms with Gasteiger partial charge in [0.05, 0.1) is 24.7 Å². The number of tetrazole rings is 1. The maximum Gasteiger partial charge on any atom is 0.252 e. The van der Waals surface area contributed by atoms with Crippen LogP contribution in [-0.2, 0) is 13.1 Å². The molecular formula is C29H34N6O4. The standard InChI is InChI=1S/C29H34N6O4/c1-3-25(28-31-32-33-35(28)22-6-4-5-7-22)34(17-19-8-10-23(37-2)11-9-19)18-21-14-20-15-26-27(39-13-12-38-26)16-24(20)30-29(21)36/h8-11,14-16,22,25H,3-7,12-13,17-18H2,1-2H3,(H,30,36). The number of pyridine rings is 1. The maximum absolute atomic E-state index is 13.3. The summed E-state index contributed by atoms with van der Waals surface area (Å²) in [6.45, 7) is 4.21. The Kier molecular flexibility index (Phi) is 7.19. The normalized spacial score (nSPS) is 16.2. The van der Waals surface area contributed by atoms with E-state index in [2.05, 4.69) is 44.5 Å². The number of fused-ring (bicyclic) bond motifs is 2. The van der Waals surface area contributed by atoms with Crippen molar-refractivity contribution >= 4 is 10.9 Å². The van der Waals surface area contributed by atoms with Crippen LogP contribution in [0.4, 0.5) is 0 Å². The predicted octanol–water partition coefficient (Wildman–Crippen LogP) is 4.56. The van der Waals surface area contributed by atoms with Crippen molar-refractivity contribution in [2.75, 3.05) is 20.3 Å². The number of benzene rings is 2. The molecule has 39 heavy (non-hydrogen) atoms. The number of hydrogen-bond donors (Lipinski definition) is 1. The summed E-state index contributed by atoms with van der Waals surface area (Å²) in [5, 5.41) is 13.9. The number of hydrogen-bond acceptors (Lipinski definition) is 8. The maximum atomic E-state index is 13.3. The molecule has 0 bridgehead atoms. The van der Waals surface area contributed by atoms with Gasteiger partial charge in [-0.25, -0.2) is 4.68 Å². The first kappa shape index (κ1) is 25.4. The van der Waals surface area contributed by atoms with E-state index in [1.165, 1.54) is 12.8 Å². The molecule has 6 rings (SSSR count). The number of ether oxygens (including phenoxy) is 3. The van der Waals surface area contributed by atoms with E-state index >= 15 is 0 Å². The largest absolute Gasteiger partial charge is 0.497 e. The second-order valence-electron chi connectivity index (χ2n) is 10.3. The van der Waals surface area contributed by atoms with Crippen molar-refractivity contribution in [3.05, 3.63) is 69.8 Å². The van der Waals surface area contributed by atoms with Crippen molar-refractivity contribution in [2.45, 2.75) is 64.2 Å².